The number of hydrogen-bond acceptors (Lipinski definition) is 14. The molecule has 2 N–H and O–H groups in total. The van der Waals surface area contributed by atoms with Gasteiger partial charge in [-0.25, -0.2) is 9.78 Å². The number of fused-ring (bicyclic) bond motifs is 1. The zero-order valence-corrected chi connectivity index (χ0v) is 33.8. The highest BCUT2D eigenvalue weighted by atomic mass is 32.2. The van der Waals surface area contributed by atoms with Gasteiger partial charge in [0.1, 0.15) is 28.3 Å². The number of β-lactam (4-membered cyclic amide) rings is 1. The minimum atomic E-state index is -1.26. The van der Waals surface area contributed by atoms with Crippen LogP contribution in [0.4, 0.5) is 5.13 Å². The quantitative estimate of drug-likeness (QED) is 0.0153. The fraction of sp³-hybridized carbons (Fsp3) is 0.300. The molecular formula is C40H40N8O8S2. The van der Waals surface area contributed by atoms with Gasteiger partial charge in [-0.15, -0.1) is 23.1 Å². The number of anilines is 1. The molecule has 0 saturated carbocycles. The molecule has 3 aromatic carbocycles. The summed E-state index contributed by atoms with van der Waals surface area (Å²) in [7, 11) is 1.43. The molecular weight excluding hydrogens is 785 g/mol. The van der Waals surface area contributed by atoms with E-state index in [4.69, 9.17) is 29.6 Å². The monoisotopic (exact) mass is 824 g/mol. The van der Waals surface area contributed by atoms with Crippen molar-refractivity contribution in [2.45, 2.75) is 56.7 Å². The first-order valence-corrected chi connectivity index (χ1v) is 19.9. The van der Waals surface area contributed by atoms with Gasteiger partial charge >= 0.3 is 11.9 Å². The Kier molecular flexibility index (Phi) is 12.8. The van der Waals surface area contributed by atoms with Crippen LogP contribution in [0.1, 0.15) is 50.1 Å². The zero-order valence-electron chi connectivity index (χ0n) is 32.1. The van der Waals surface area contributed by atoms with Crippen LogP contribution in [0, 0.1) is 0 Å². The fourth-order valence-corrected chi connectivity index (χ4v) is 8.45. The molecule has 0 aliphatic carbocycles. The molecule has 2 amide bonds. The Morgan fingerprint density at radius 3 is 2.10 bits per heavy atom. The number of thioether (sulfide) groups is 1. The van der Waals surface area contributed by atoms with Crippen LogP contribution in [0.3, 0.4) is 0 Å². The van der Waals surface area contributed by atoms with E-state index in [1.165, 1.54) is 42.0 Å². The number of esters is 2. The van der Waals surface area contributed by atoms with E-state index >= 15 is 0 Å². The second kappa shape index (κ2) is 17.9. The second-order valence-corrected chi connectivity index (χ2v) is 15.4. The summed E-state index contributed by atoms with van der Waals surface area (Å²) in [6.07, 6.45) is -1.26. The molecule has 4 aromatic rings. The Morgan fingerprint density at radius 2 is 1.57 bits per heavy atom. The van der Waals surface area contributed by atoms with E-state index in [1.54, 1.807) is 19.2 Å². The van der Waals surface area contributed by atoms with Crippen LogP contribution in [0.25, 0.3) is 10.4 Å². The predicted octanol–water partition coefficient (Wildman–Crippen LogP) is 6.07. The van der Waals surface area contributed by atoms with Crippen molar-refractivity contribution in [3.8, 4) is 0 Å². The molecule has 2 aliphatic rings. The SMILES string of the molecule is COC(C)(C)ON=C(C(=O)NC1C(=O)N2C(C(=O)OC(C)OC(C)=O)=C(CN=[N+]=[N-])CS[C@H]12)c1csc(NC(c2ccccc2)(c2ccccc2)c2ccccc2)n1. The number of azide groups is 1. The summed E-state index contributed by atoms with van der Waals surface area (Å²) < 4.78 is 15.6. The molecule has 58 heavy (non-hydrogen) atoms. The number of aromatic nitrogens is 1. The van der Waals surface area contributed by atoms with Gasteiger partial charge in [0.2, 0.25) is 12.1 Å². The Labute approximate surface area is 342 Å². The standard InChI is InChI=1S/C40H40N8O8S2/c1-24(49)54-25(2)55-37(52)33-26(21-42-47-41)22-57-36-32(35(51)48(33)36)44-34(50)31(46-56-39(3,4)53-5)30-23-58-38(43-30)45-40(27-15-9-6-10-16-27,28-17-11-7-12-18-28)29-19-13-8-14-20-29/h6-20,23,25,32,36H,21-22H2,1-5H3,(H,43,45)(H,44,50)/t25?,32?,36-/m1/s1. The lowest BCUT2D eigenvalue weighted by Gasteiger charge is -2.49. The van der Waals surface area contributed by atoms with Crippen molar-refractivity contribution < 1.29 is 38.2 Å². The van der Waals surface area contributed by atoms with Crippen LogP contribution in [-0.4, -0.2) is 82.2 Å². The topological polar surface area (TPSA) is 207 Å². The molecule has 2 aliphatic heterocycles. The van der Waals surface area contributed by atoms with Crippen molar-refractivity contribution in [3.63, 3.8) is 0 Å². The Morgan fingerprint density at radius 1 is 0.983 bits per heavy atom. The normalized spacial score (nSPS) is 17.2. The van der Waals surface area contributed by atoms with Gasteiger partial charge in [0.25, 0.3) is 11.8 Å². The summed E-state index contributed by atoms with van der Waals surface area (Å²) in [5.74, 6) is -4.11. The predicted molar refractivity (Wildman–Crippen MR) is 217 cm³/mol. The van der Waals surface area contributed by atoms with Gasteiger partial charge in [-0.2, -0.15) is 0 Å². The van der Waals surface area contributed by atoms with Crippen molar-refractivity contribution >= 4 is 57.7 Å². The highest BCUT2D eigenvalue weighted by molar-refractivity contribution is 8.00. The third kappa shape index (κ3) is 8.84. The van der Waals surface area contributed by atoms with Crippen LogP contribution in [0.5, 0.6) is 0 Å². The first-order chi connectivity index (χ1) is 27.9. The van der Waals surface area contributed by atoms with Crippen LogP contribution < -0.4 is 10.6 Å². The number of benzene rings is 3. The average molecular weight is 825 g/mol. The third-order valence-electron chi connectivity index (χ3n) is 9.18. The Hall–Kier alpha value is -6.20. The number of oxime groups is 1. The summed E-state index contributed by atoms with van der Waals surface area (Å²) in [5, 5.41) is 15.6. The van der Waals surface area contributed by atoms with Crippen LogP contribution in [0.15, 0.2) is 118 Å². The van der Waals surface area contributed by atoms with Crippen LogP contribution in [0.2, 0.25) is 0 Å². The Balaban J connectivity index is 1.31. The summed E-state index contributed by atoms with van der Waals surface area (Å²) in [4.78, 5) is 67.2. The highest BCUT2D eigenvalue weighted by Crippen LogP contribution is 2.42. The molecule has 1 aromatic heterocycles. The molecule has 3 heterocycles. The molecule has 0 spiro atoms. The number of carbonyl (C=O) groups excluding carboxylic acids is 4. The number of ether oxygens (including phenoxy) is 3. The zero-order chi connectivity index (χ0) is 41.5. The molecule has 300 valence electrons. The van der Waals surface area contributed by atoms with E-state index in [-0.39, 0.29) is 29.4 Å². The maximum Gasteiger partial charge on any atom is 0.358 e. The van der Waals surface area contributed by atoms with Crippen molar-refractivity contribution in [3.05, 3.63) is 140 Å². The first kappa shape index (κ1) is 41.4. The lowest BCUT2D eigenvalue weighted by molar-refractivity contribution is -0.197. The third-order valence-corrected chi connectivity index (χ3v) is 11.3. The lowest BCUT2D eigenvalue weighted by atomic mass is 9.77. The number of nitrogens with zero attached hydrogens (tertiary/aromatic N) is 6. The van der Waals surface area contributed by atoms with Crippen molar-refractivity contribution in [2.75, 3.05) is 24.7 Å². The molecule has 0 bridgehead atoms. The number of thiazole rings is 1. The number of carbonyl (C=O) groups is 4. The summed E-state index contributed by atoms with van der Waals surface area (Å²) >= 11 is 2.50. The first-order valence-electron chi connectivity index (χ1n) is 18.0. The molecule has 1 fully saturated rings. The van der Waals surface area contributed by atoms with Crippen LogP contribution in [-0.2, 0) is 43.8 Å². The number of nitrogens with one attached hydrogen (secondary N) is 2. The molecule has 6 rings (SSSR count). The summed E-state index contributed by atoms with van der Waals surface area (Å²) in [6.45, 7) is 5.52. The molecule has 0 radical (unpaired) electrons. The van der Waals surface area contributed by atoms with Gasteiger partial charge in [-0.05, 0) is 27.8 Å². The minimum absolute atomic E-state index is 0.153. The van der Waals surface area contributed by atoms with E-state index in [2.05, 4.69) is 25.8 Å². The highest BCUT2D eigenvalue weighted by Gasteiger charge is 2.55. The summed E-state index contributed by atoms with van der Waals surface area (Å²) in [6, 6.07) is 28.7. The van der Waals surface area contributed by atoms with Crippen molar-refractivity contribution in [2.24, 2.45) is 10.3 Å². The van der Waals surface area contributed by atoms with Gasteiger partial charge in [-0.3, -0.25) is 19.3 Å². The van der Waals surface area contributed by atoms with E-state index in [0.717, 1.165) is 23.6 Å². The van der Waals surface area contributed by atoms with Gasteiger partial charge in [0, 0.05) is 50.8 Å². The van der Waals surface area contributed by atoms with Gasteiger partial charge in [-0.1, -0.05) is 101 Å². The summed E-state index contributed by atoms with van der Waals surface area (Å²) in [5.41, 5.74) is 11.0. The number of amides is 2. The van der Waals surface area contributed by atoms with E-state index in [1.807, 2.05) is 91.0 Å². The molecule has 16 nitrogen and oxygen atoms in total. The van der Waals surface area contributed by atoms with Crippen LogP contribution >= 0.6 is 23.1 Å². The molecule has 3 atom stereocenters. The van der Waals surface area contributed by atoms with E-state index in [9.17, 15) is 19.2 Å². The second-order valence-electron chi connectivity index (χ2n) is 13.4. The molecule has 1 saturated heterocycles. The van der Waals surface area contributed by atoms with E-state index in [0.29, 0.717) is 10.7 Å². The Bertz CT molecular complexity index is 2170. The number of rotatable bonds is 16. The van der Waals surface area contributed by atoms with Gasteiger partial charge < -0.3 is 29.7 Å². The van der Waals surface area contributed by atoms with Crippen molar-refractivity contribution in [1.82, 2.24) is 15.2 Å². The lowest BCUT2D eigenvalue weighted by Crippen LogP contribution is -2.71. The van der Waals surface area contributed by atoms with Gasteiger partial charge in [0.05, 0.1) is 6.54 Å². The number of hydrogen-bond donors (Lipinski definition) is 2. The molecule has 2 unspecified atom stereocenters. The average Bonchev–Trinajstić information content (AvgIpc) is 3.69. The van der Waals surface area contributed by atoms with E-state index < -0.39 is 52.8 Å². The largest absolute Gasteiger partial charge is 0.426 e. The molecule has 18 heteroatoms. The minimum Gasteiger partial charge on any atom is -0.426 e. The van der Waals surface area contributed by atoms with Gasteiger partial charge in [0.15, 0.2) is 10.8 Å². The fourth-order valence-electron chi connectivity index (χ4n) is 6.36. The smallest absolute Gasteiger partial charge is 0.358 e. The maximum atomic E-state index is 14.2. The maximum absolute atomic E-state index is 14.2. The van der Waals surface area contributed by atoms with Crippen molar-refractivity contribution in [1.29, 1.82) is 0 Å². The number of methoxy groups -OCH3 is 1.